The number of nitrogens with zero attached hydrogens (tertiary/aromatic N) is 5. The zero-order valence-electron chi connectivity index (χ0n) is 20.9. The van der Waals surface area contributed by atoms with Crippen molar-refractivity contribution in [1.82, 2.24) is 9.97 Å². The number of aliphatic hydroxyl groups is 1. The van der Waals surface area contributed by atoms with Crippen LogP contribution in [-0.2, 0) is 9.84 Å². The van der Waals surface area contributed by atoms with E-state index in [2.05, 4.69) is 27.0 Å². The Kier molecular flexibility index (Phi) is 7.74. The lowest BCUT2D eigenvalue weighted by Crippen LogP contribution is -2.38. The molecule has 1 fully saturated rings. The number of rotatable bonds is 8. The molecule has 1 atom stereocenters. The van der Waals surface area contributed by atoms with Crippen LogP contribution in [0.15, 0.2) is 77.5 Å². The monoisotopic (exact) mass is 521 g/mol. The van der Waals surface area contributed by atoms with E-state index in [1.54, 1.807) is 42.5 Å². The molecule has 0 spiro atoms. The lowest BCUT2D eigenvalue weighted by atomic mass is 10.1. The number of aliphatic hydroxyl groups excluding tert-OH is 1. The minimum Gasteiger partial charge on any atom is -0.391 e. The highest BCUT2D eigenvalue weighted by Crippen LogP contribution is 2.33. The maximum absolute atomic E-state index is 12.5. The lowest BCUT2D eigenvalue weighted by molar-refractivity contribution is 0.154. The van der Waals surface area contributed by atoms with Gasteiger partial charge in [-0.15, -0.1) is 0 Å². The highest BCUT2D eigenvalue weighted by molar-refractivity contribution is 7.90. The first-order valence-electron chi connectivity index (χ1n) is 11.8. The van der Waals surface area contributed by atoms with Crippen LogP contribution in [-0.4, -0.2) is 54.8 Å². The fraction of sp³-hybridized carbons (Fsp3) is 0.269. The predicted molar refractivity (Wildman–Crippen MR) is 148 cm³/mol. The van der Waals surface area contributed by atoms with E-state index in [0.717, 1.165) is 23.4 Å². The van der Waals surface area contributed by atoms with Gasteiger partial charge in [0.15, 0.2) is 9.84 Å². The molecule has 0 saturated carbocycles. The van der Waals surface area contributed by atoms with Crippen molar-refractivity contribution in [3.05, 3.63) is 67.5 Å². The molecule has 11 heteroatoms. The van der Waals surface area contributed by atoms with Crippen LogP contribution in [0.2, 0.25) is 0 Å². The van der Waals surface area contributed by atoms with Crippen LogP contribution in [0, 0.1) is 0 Å². The SMILES string of the molecule is C=CN(/N=C(/C)N)c1ccc(Nc2nccc(-c3ccc(S(C)(=O)=O)c(N4CCCC(O)C4)c3)n2)cc1. The molecule has 0 bridgehead atoms. The normalized spacial score (nSPS) is 16.4. The summed E-state index contributed by atoms with van der Waals surface area (Å²) in [6, 6.07) is 14.4. The van der Waals surface area contributed by atoms with Crippen LogP contribution >= 0.6 is 0 Å². The summed E-state index contributed by atoms with van der Waals surface area (Å²) in [5.41, 5.74) is 9.20. The van der Waals surface area contributed by atoms with E-state index in [1.165, 1.54) is 6.26 Å². The number of hydrazone groups is 1. The average molecular weight is 522 g/mol. The number of piperidine rings is 1. The predicted octanol–water partition coefficient (Wildman–Crippen LogP) is 3.49. The van der Waals surface area contributed by atoms with E-state index in [0.29, 0.717) is 42.7 Å². The van der Waals surface area contributed by atoms with Crippen molar-refractivity contribution < 1.29 is 13.5 Å². The number of sulfone groups is 1. The summed E-state index contributed by atoms with van der Waals surface area (Å²) in [6.07, 6.45) is 5.42. The van der Waals surface area contributed by atoms with Gasteiger partial charge in [0, 0.05) is 43.0 Å². The Labute approximate surface area is 217 Å². The minimum atomic E-state index is -3.46. The first-order chi connectivity index (χ1) is 17.6. The molecule has 0 aliphatic carbocycles. The number of nitrogens with two attached hydrogens (primary N) is 1. The molecular weight excluding hydrogens is 490 g/mol. The molecule has 1 aliphatic heterocycles. The molecule has 0 radical (unpaired) electrons. The highest BCUT2D eigenvalue weighted by Gasteiger charge is 2.24. The molecule has 4 rings (SSSR count). The molecular formula is C26H31N7O3S. The van der Waals surface area contributed by atoms with Crippen molar-refractivity contribution in [3.63, 3.8) is 0 Å². The summed E-state index contributed by atoms with van der Waals surface area (Å²) in [4.78, 5) is 11.1. The second-order valence-electron chi connectivity index (χ2n) is 8.90. The number of benzene rings is 2. The quantitative estimate of drug-likeness (QED) is 0.231. The molecule has 194 valence electrons. The fourth-order valence-corrected chi connectivity index (χ4v) is 5.07. The van der Waals surface area contributed by atoms with Gasteiger partial charge in [0.2, 0.25) is 5.95 Å². The Balaban J connectivity index is 1.60. The lowest BCUT2D eigenvalue weighted by Gasteiger charge is -2.33. The largest absolute Gasteiger partial charge is 0.391 e. The molecule has 4 N–H and O–H groups in total. The Morgan fingerprint density at radius 2 is 2.03 bits per heavy atom. The van der Waals surface area contributed by atoms with Gasteiger partial charge in [-0.2, -0.15) is 5.10 Å². The van der Waals surface area contributed by atoms with Gasteiger partial charge >= 0.3 is 0 Å². The maximum atomic E-state index is 12.5. The Morgan fingerprint density at radius 1 is 1.27 bits per heavy atom. The van der Waals surface area contributed by atoms with Crippen LogP contribution in [0.25, 0.3) is 11.3 Å². The molecule has 2 heterocycles. The second kappa shape index (κ2) is 11.0. The fourth-order valence-electron chi connectivity index (χ4n) is 4.19. The van der Waals surface area contributed by atoms with Gasteiger partial charge in [-0.1, -0.05) is 12.6 Å². The van der Waals surface area contributed by atoms with Gasteiger partial charge in [0.25, 0.3) is 0 Å². The van der Waals surface area contributed by atoms with Gasteiger partial charge in [-0.25, -0.2) is 23.4 Å². The van der Waals surface area contributed by atoms with Gasteiger partial charge < -0.3 is 21.1 Å². The number of aromatic nitrogens is 2. The highest BCUT2D eigenvalue weighted by atomic mass is 32.2. The van der Waals surface area contributed by atoms with Crippen molar-refractivity contribution >= 4 is 38.7 Å². The van der Waals surface area contributed by atoms with Gasteiger partial charge in [-0.3, -0.25) is 0 Å². The molecule has 1 unspecified atom stereocenters. The maximum Gasteiger partial charge on any atom is 0.227 e. The van der Waals surface area contributed by atoms with Crippen molar-refractivity contribution in [1.29, 1.82) is 0 Å². The zero-order valence-corrected chi connectivity index (χ0v) is 21.7. The number of hydrogen-bond acceptors (Lipinski definition) is 9. The standard InChI is InChI=1S/C26H31N7O3S/c1-4-33(31-18(2)27)21-10-8-20(9-11-21)29-26-28-14-13-23(30-26)19-7-12-25(37(3,35)36)24(16-19)32-15-5-6-22(34)17-32/h4,7-14,16,22,34H,1,5-6,15,17H2,2-3H3,(H2,27,31)(H,28,29,30). The Hall–Kier alpha value is -3.96. The molecule has 1 aromatic heterocycles. The Morgan fingerprint density at radius 3 is 2.68 bits per heavy atom. The molecule has 1 aliphatic rings. The van der Waals surface area contributed by atoms with Gasteiger partial charge in [0.1, 0.15) is 5.84 Å². The van der Waals surface area contributed by atoms with E-state index < -0.39 is 15.9 Å². The van der Waals surface area contributed by atoms with Crippen LogP contribution < -0.4 is 21.0 Å². The zero-order chi connectivity index (χ0) is 26.6. The van der Waals surface area contributed by atoms with E-state index >= 15 is 0 Å². The third-order valence-corrected chi connectivity index (χ3v) is 7.02. The van der Waals surface area contributed by atoms with E-state index in [-0.39, 0.29) is 4.90 Å². The third kappa shape index (κ3) is 6.43. The van der Waals surface area contributed by atoms with Crippen molar-refractivity contribution in [3.8, 4) is 11.3 Å². The first-order valence-corrected chi connectivity index (χ1v) is 13.7. The van der Waals surface area contributed by atoms with Crippen LogP contribution in [0.1, 0.15) is 19.8 Å². The summed E-state index contributed by atoms with van der Waals surface area (Å²) in [6.45, 7) is 6.52. The first kappa shape index (κ1) is 26.1. The summed E-state index contributed by atoms with van der Waals surface area (Å²) in [7, 11) is -3.46. The summed E-state index contributed by atoms with van der Waals surface area (Å²) in [5, 5.41) is 19.1. The number of hydrogen-bond donors (Lipinski definition) is 3. The summed E-state index contributed by atoms with van der Waals surface area (Å²) < 4.78 is 24.9. The molecule has 1 saturated heterocycles. The van der Waals surface area contributed by atoms with Crippen LogP contribution in [0.4, 0.5) is 23.0 Å². The number of anilines is 4. The number of nitrogens with one attached hydrogen (secondary N) is 1. The van der Waals surface area contributed by atoms with Crippen molar-refractivity contribution in [2.75, 3.05) is 34.6 Å². The van der Waals surface area contributed by atoms with Gasteiger partial charge in [-0.05, 0) is 62.2 Å². The van der Waals surface area contributed by atoms with Crippen LogP contribution in [0.3, 0.4) is 0 Å². The second-order valence-corrected chi connectivity index (χ2v) is 10.9. The molecule has 0 amide bonds. The third-order valence-electron chi connectivity index (χ3n) is 5.87. The average Bonchev–Trinajstić information content (AvgIpc) is 2.87. The molecule has 3 aromatic rings. The van der Waals surface area contributed by atoms with E-state index in [9.17, 15) is 13.5 Å². The summed E-state index contributed by atoms with van der Waals surface area (Å²) >= 11 is 0. The van der Waals surface area contributed by atoms with E-state index in [4.69, 9.17) is 5.73 Å². The molecule has 2 aromatic carbocycles. The van der Waals surface area contributed by atoms with Crippen molar-refractivity contribution in [2.24, 2.45) is 10.8 Å². The smallest absolute Gasteiger partial charge is 0.227 e. The minimum absolute atomic E-state index is 0.237. The molecule has 37 heavy (non-hydrogen) atoms. The Bertz CT molecular complexity index is 1400. The number of amidine groups is 1. The van der Waals surface area contributed by atoms with Crippen molar-refractivity contribution in [2.45, 2.75) is 30.8 Å². The topological polar surface area (TPSA) is 137 Å². The van der Waals surface area contributed by atoms with Gasteiger partial charge in [0.05, 0.1) is 28.1 Å². The van der Waals surface area contributed by atoms with Crippen LogP contribution in [0.5, 0.6) is 0 Å². The molecule has 10 nitrogen and oxygen atoms in total. The van der Waals surface area contributed by atoms with E-state index in [1.807, 2.05) is 35.2 Å². The summed E-state index contributed by atoms with van der Waals surface area (Å²) in [5.74, 6) is 0.806. The number of β-amino-alcohol motifs (C(OH)–C–C–N with tert-alkyl or cyclic N) is 1.